The Bertz CT molecular complexity index is 550. The Balaban J connectivity index is 1.77. The number of nitrogens with zero attached hydrogens (tertiary/aromatic N) is 2. The molecule has 0 fully saturated rings. The fourth-order valence-electron chi connectivity index (χ4n) is 2.16. The van der Waals surface area contributed by atoms with Crippen molar-refractivity contribution in [3.8, 4) is 0 Å². The summed E-state index contributed by atoms with van der Waals surface area (Å²) in [6.45, 7) is 5.31. The van der Waals surface area contributed by atoms with Gasteiger partial charge >= 0.3 is 0 Å². The van der Waals surface area contributed by atoms with Gasteiger partial charge in [0.2, 0.25) is 5.89 Å². The number of nitrogens with one attached hydrogen (secondary N) is 1. The van der Waals surface area contributed by atoms with Crippen LogP contribution in [0.5, 0.6) is 0 Å². The first-order valence-electron chi connectivity index (χ1n) is 6.48. The second-order valence-electron chi connectivity index (χ2n) is 4.84. The van der Waals surface area contributed by atoms with E-state index in [1.54, 1.807) is 0 Å². The van der Waals surface area contributed by atoms with Crippen LogP contribution in [-0.2, 0) is 12.2 Å². The number of hydrogen-bond donors (Lipinski definition) is 1. The summed E-state index contributed by atoms with van der Waals surface area (Å²) in [7, 11) is 0. The predicted octanol–water partition coefficient (Wildman–Crippen LogP) is 3.01. The Morgan fingerprint density at radius 1 is 1.58 bits per heavy atom. The van der Waals surface area contributed by atoms with Crippen LogP contribution in [0, 0.1) is 0 Å². The maximum absolute atomic E-state index is 5.43. The molecule has 0 bridgehead atoms. The van der Waals surface area contributed by atoms with E-state index in [1.807, 2.05) is 23.1 Å². The molecule has 0 spiro atoms. The molecule has 0 aromatic carbocycles. The lowest BCUT2D eigenvalue weighted by Crippen LogP contribution is -2.29. The molecule has 2 aromatic heterocycles. The van der Waals surface area contributed by atoms with Crippen molar-refractivity contribution < 1.29 is 4.52 Å². The Labute approximate surface area is 121 Å². The van der Waals surface area contributed by atoms with Crippen molar-refractivity contribution in [3.63, 3.8) is 0 Å². The molecular formula is C13H17N3OS2. The minimum Gasteiger partial charge on any atom is -0.337 e. The number of thioether (sulfide) groups is 1. The average molecular weight is 295 g/mol. The molecule has 0 saturated heterocycles. The highest BCUT2D eigenvalue weighted by Gasteiger charge is 2.26. The van der Waals surface area contributed by atoms with Gasteiger partial charge in [-0.2, -0.15) is 16.7 Å². The Morgan fingerprint density at radius 2 is 2.47 bits per heavy atom. The van der Waals surface area contributed by atoms with Crippen LogP contribution in [0.3, 0.4) is 0 Å². The topological polar surface area (TPSA) is 51.0 Å². The van der Waals surface area contributed by atoms with Crippen LogP contribution < -0.4 is 5.32 Å². The molecular weight excluding hydrogens is 278 g/mol. The van der Waals surface area contributed by atoms with Crippen LogP contribution in [0.4, 0.5) is 0 Å². The van der Waals surface area contributed by atoms with E-state index in [4.69, 9.17) is 4.52 Å². The van der Waals surface area contributed by atoms with Gasteiger partial charge in [0.05, 0.1) is 5.75 Å². The van der Waals surface area contributed by atoms with E-state index in [9.17, 15) is 0 Å². The zero-order valence-electron chi connectivity index (χ0n) is 11.0. The summed E-state index contributed by atoms with van der Waals surface area (Å²) in [6.07, 6.45) is 1.09. The smallest absolute Gasteiger partial charge is 0.248 e. The van der Waals surface area contributed by atoms with E-state index >= 15 is 0 Å². The monoisotopic (exact) mass is 295 g/mol. The summed E-state index contributed by atoms with van der Waals surface area (Å²) in [5, 5.41) is 10.3. The van der Waals surface area contributed by atoms with Gasteiger partial charge in [-0.15, -0.1) is 11.3 Å². The summed E-state index contributed by atoms with van der Waals surface area (Å²) in [5.41, 5.74) is 1.29. The summed E-state index contributed by atoms with van der Waals surface area (Å²) in [4.78, 5) is 5.96. The minimum absolute atomic E-state index is 0.0697. The Kier molecular flexibility index (Phi) is 3.91. The average Bonchev–Trinajstić information content (AvgIpc) is 3.04. The van der Waals surface area contributed by atoms with Gasteiger partial charge in [-0.1, -0.05) is 19.0 Å². The van der Waals surface area contributed by atoms with Gasteiger partial charge in [0.25, 0.3) is 0 Å². The normalized spacial score (nSPS) is 18.8. The summed E-state index contributed by atoms with van der Waals surface area (Å²) in [6, 6.07) is 2.23. The van der Waals surface area contributed by atoms with Gasteiger partial charge in [0, 0.05) is 11.4 Å². The molecule has 1 aliphatic heterocycles. The molecule has 1 atom stereocenters. The third-order valence-corrected chi connectivity index (χ3v) is 5.16. The van der Waals surface area contributed by atoms with Gasteiger partial charge in [-0.25, -0.2) is 0 Å². The number of rotatable bonds is 4. The summed E-state index contributed by atoms with van der Waals surface area (Å²) < 4.78 is 5.43. The van der Waals surface area contributed by atoms with Gasteiger partial charge in [-0.3, -0.25) is 0 Å². The molecule has 2 aromatic rings. The maximum Gasteiger partial charge on any atom is 0.248 e. The summed E-state index contributed by atoms with van der Waals surface area (Å²) >= 11 is 3.64. The second kappa shape index (κ2) is 5.64. The predicted molar refractivity (Wildman–Crippen MR) is 78.6 cm³/mol. The first-order valence-corrected chi connectivity index (χ1v) is 8.40. The van der Waals surface area contributed by atoms with Gasteiger partial charge in [0.1, 0.15) is 6.04 Å². The first kappa shape index (κ1) is 13.1. The van der Waals surface area contributed by atoms with Crippen LogP contribution in [-0.4, -0.2) is 21.9 Å². The molecule has 6 heteroatoms. The third-order valence-electron chi connectivity index (χ3n) is 3.07. The molecule has 0 aliphatic carbocycles. The maximum atomic E-state index is 5.43. The lowest BCUT2D eigenvalue weighted by Gasteiger charge is -2.20. The van der Waals surface area contributed by atoms with E-state index in [2.05, 4.69) is 40.8 Å². The second-order valence-corrected chi connectivity index (χ2v) is 7.41. The van der Waals surface area contributed by atoms with E-state index in [-0.39, 0.29) is 6.04 Å². The zero-order valence-corrected chi connectivity index (χ0v) is 12.7. The zero-order chi connectivity index (χ0) is 13.2. The third kappa shape index (κ3) is 2.85. The van der Waals surface area contributed by atoms with Crippen molar-refractivity contribution >= 4 is 23.1 Å². The molecule has 19 heavy (non-hydrogen) atoms. The molecule has 0 amide bonds. The summed E-state index contributed by atoms with van der Waals surface area (Å²) in [5.74, 6) is 2.29. The molecule has 1 aliphatic rings. The highest BCUT2D eigenvalue weighted by Crippen LogP contribution is 2.31. The quantitative estimate of drug-likeness (QED) is 0.939. The molecule has 102 valence electrons. The van der Waals surface area contributed by atoms with Crippen molar-refractivity contribution in [2.75, 3.05) is 6.54 Å². The SMILES string of the molecule is CC(C)SCc1noc(C2NCCc3sccc32)n1. The molecule has 1 N–H and O–H groups in total. The van der Waals surface area contributed by atoms with E-state index < -0.39 is 0 Å². The van der Waals surface area contributed by atoms with Crippen molar-refractivity contribution in [2.45, 2.75) is 37.3 Å². The van der Waals surface area contributed by atoms with Crippen LogP contribution in [0.1, 0.15) is 42.0 Å². The number of thiophene rings is 1. The van der Waals surface area contributed by atoms with Crippen molar-refractivity contribution in [1.29, 1.82) is 0 Å². The lowest BCUT2D eigenvalue weighted by molar-refractivity contribution is 0.342. The van der Waals surface area contributed by atoms with Crippen LogP contribution in [0.15, 0.2) is 16.0 Å². The molecule has 0 saturated carbocycles. The van der Waals surface area contributed by atoms with Crippen LogP contribution in [0.2, 0.25) is 0 Å². The fourth-order valence-corrected chi connectivity index (χ4v) is 3.68. The van der Waals surface area contributed by atoms with E-state index in [0.29, 0.717) is 11.1 Å². The van der Waals surface area contributed by atoms with Crippen LogP contribution in [0.25, 0.3) is 0 Å². The lowest BCUT2D eigenvalue weighted by atomic mass is 10.0. The number of fused-ring (bicyclic) bond motifs is 1. The van der Waals surface area contributed by atoms with Gasteiger partial charge in [0.15, 0.2) is 5.82 Å². The molecule has 4 nitrogen and oxygen atoms in total. The molecule has 1 unspecified atom stereocenters. The van der Waals surface area contributed by atoms with Crippen molar-refractivity contribution in [2.24, 2.45) is 0 Å². The minimum atomic E-state index is 0.0697. The number of aromatic nitrogens is 2. The number of hydrogen-bond acceptors (Lipinski definition) is 6. The standard InChI is InChI=1S/C13H17N3OS2/c1-8(2)19-7-11-15-13(17-16-11)12-9-4-6-18-10(9)3-5-14-12/h4,6,8,12,14H,3,5,7H2,1-2H3. The van der Waals surface area contributed by atoms with Gasteiger partial charge < -0.3 is 9.84 Å². The van der Waals surface area contributed by atoms with Crippen molar-refractivity contribution in [3.05, 3.63) is 33.6 Å². The highest BCUT2D eigenvalue weighted by molar-refractivity contribution is 7.99. The van der Waals surface area contributed by atoms with E-state index in [0.717, 1.165) is 24.5 Å². The van der Waals surface area contributed by atoms with Crippen molar-refractivity contribution in [1.82, 2.24) is 15.5 Å². The molecule has 3 heterocycles. The largest absolute Gasteiger partial charge is 0.337 e. The Hall–Kier alpha value is -0.850. The van der Waals surface area contributed by atoms with Gasteiger partial charge in [-0.05, 0) is 28.7 Å². The molecule has 0 radical (unpaired) electrons. The molecule has 3 rings (SSSR count). The van der Waals surface area contributed by atoms with E-state index in [1.165, 1.54) is 10.4 Å². The van der Waals surface area contributed by atoms with Crippen LogP contribution >= 0.6 is 23.1 Å². The highest BCUT2D eigenvalue weighted by atomic mass is 32.2. The fraction of sp³-hybridized carbons (Fsp3) is 0.538. The Morgan fingerprint density at radius 3 is 3.32 bits per heavy atom. The first-order chi connectivity index (χ1) is 9.24.